The highest BCUT2D eigenvalue weighted by molar-refractivity contribution is 6.32. The van der Waals surface area contributed by atoms with Crippen LogP contribution in [0, 0.1) is 12.7 Å². The SMILES string of the molecule is COc1cc(F)c(C)cc1Cl. The van der Waals surface area contributed by atoms with Crippen molar-refractivity contribution in [1.29, 1.82) is 0 Å². The molecule has 0 atom stereocenters. The molecule has 0 aliphatic heterocycles. The summed E-state index contributed by atoms with van der Waals surface area (Å²) in [7, 11) is 1.45. The van der Waals surface area contributed by atoms with E-state index in [-0.39, 0.29) is 5.82 Å². The van der Waals surface area contributed by atoms with Crippen molar-refractivity contribution in [2.24, 2.45) is 0 Å². The molecule has 0 unspecified atom stereocenters. The summed E-state index contributed by atoms with van der Waals surface area (Å²) in [6, 6.07) is 2.81. The number of aryl methyl sites for hydroxylation is 1. The van der Waals surface area contributed by atoms with Crippen molar-refractivity contribution in [3.05, 3.63) is 28.5 Å². The Morgan fingerprint density at radius 3 is 2.64 bits per heavy atom. The molecule has 3 heteroatoms. The minimum Gasteiger partial charge on any atom is -0.495 e. The van der Waals surface area contributed by atoms with Gasteiger partial charge in [0, 0.05) is 6.07 Å². The van der Waals surface area contributed by atoms with Gasteiger partial charge in [-0.1, -0.05) is 11.6 Å². The molecule has 0 aromatic heterocycles. The van der Waals surface area contributed by atoms with E-state index in [1.54, 1.807) is 6.92 Å². The first kappa shape index (κ1) is 8.34. The molecule has 0 saturated carbocycles. The number of hydrogen-bond donors (Lipinski definition) is 0. The summed E-state index contributed by atoms with van der Waals surface area (Å²) >= 11 is 5.71. The van der Waals surface area contributed by atoms with Crippen molar-refractivity contribution in [2.45, 2.75) is 6.92 Å². The number of hydrogen-bond acceptors (Lipinski definition) is 1. The van der Waals surface area contributed by atoms with Crippen molar-refractivity contribution in [1.82, 2.24) is 0 Å². The second kappa shape index (κ2) is 3.09. The lowest BCUT2D eigenvalue weighted by Crippen LogP contribution is -1.88. The lowest BCUT2D eigenvalue weighted by Gasteiger charge is -2.03. The summed E-state index contributed by atoms with van der Waals surface area (Å²) in [6.07, 6.45) is 0. The van der Waals surface area contributed by atoms with Crippen molar-refractivity contribution in [3.8, 4) is 5.75 Å². The zero-order chi connectivity index (χ0) is 8.43. The van der Waals surface area contributed by atoms with Gasteiger partial charge in [0.25, 0.3) is 0 Å². The Morgan fingerprint density at radius 2 is 2.09 bits per heavy atom. The van der Waals surface area contributed by atoms with Crippen LogP contribution >= 0.6 is 11.6 Å². The Kier molecular flexibility index (Phi) is 2.35. The molecule has 1 rings (SSSR count). The highest BCUT2D eigenvalue weighted by Gasteiger charge is 2.04. The van der Waals surface area contributed by atoms with E-state index in [1.165, 1.54) is 19.2 Å². The maximum Gasteiger partial charge on any atom is 0.140 e. The average Bonchev–Trinajstić information content (AvgIpc) is 1.97. The van der Waals surface area contributed by atoms with Gasteiger partial charge in [-0.2, -0.15) is 0 Å². The van der Waals surface area contributed by atoms with Gasteiger partial charge in [0.1, 0.15) is 11.6 Å². The molecule has 0 spiro atoms. The van der Waals surface area contributed by atoms with Crippen LogP contribution in [0.2, 0.25) is 5.02 Å². The smallest absolute Gasteiger partial charge is 0.140 e. The Morgan fingerprint density at radius 1 is 1.45 bits per heavy atom. The molecule has 0 bridgehead atoms. The Balaban J connectivity index is 3.21. The third-order valence-electron chi connectivity index (χ3n) is 1.43. The largest absolute Gasteiger partial charge is 0.495 e. The summed E-state index contributed by atoms with van der Waals surface area (Å²) in [5, 5.41) is 0.436. The molecule has 0 aliphatic rings. The molecule has 0 aliphatic carbocycles. The van der Waals surface area contributed by atoms with Gasteiger partial charge in [0.2, 0.25) is 0 Å². The van der Waals surface area contributed by atoms with E-state index in [2.05, 4.69) is 0 Å². The van der Waals surface area contributed by atoms with Crippen LogP contribution in [0.25, 0.3) is 0 Å². The van der Waals surface area contributed by atoms with Gasteiger partial charge in [0.15, 0.2) is 0 Å². The molecule has 60 valence electrons. The molecule has 11 heavy (non-hydrogen) atoms. The molecular formula is C8H8ClFO. The fraction of sp³-hybridized carbons (Fsp3) is 0.250. The van der Waals surface area contributed by atoms with Gasteiger partial charge in [-0.15, -0.1) is 0 Å². The fourth-order valence-corrected chi connectivity index (χ4v) is 1.08. The zero-order valence-electron chi connectivity index (χ0n) is 6.32. The van der Waals surface area contributed by atoms with Crippen molar-refractivity contribution in [3.63, 3.8) is 0 Å². The van der Waals surface area contributed by atoms with E-state index in [9.17, 15) is 4.39 Å². The maximum atomic E-state index is 12.8. The number of ether oxygens (including phenoxy) is 1. The van der Waals surface area contributed by atoms with Crippen LogP contribution in [-0.4, -0.2) is 7.11 Å². The lowest BCUT2D eigenvalue weighted by atomic mass is 10.2. The van der Waals surface area contributed by atoms with Crippen LogP contribution in [0.5, 0.6) is 5.75 Å². The third kappa shape index (κ3) is 1.63. The molecular weight excluding hydrogens is 167 g/mol. The normalized spacial score (nSPS) is 9.82. The fourth-order valence-electron chi connectivity index (χ4n) is 0.784. The van der Waals surface area contributed by atoms with Gasteiger partial charge >= 0.3 is 0 Å². The second-order valence-electron chi connectivity index (χ2n) is 2.24. The highest BCUT2D eigenvalue weighted by Crippen LogP contribution is 2.26. The predicted molar refractivity (Wildman–Crippen MR) is 42.7 cm³/mol. The second-order valence-corrected chi connectivity index (χ2v) is 2.64. The van der Waals surface area contributed by atoms with E-state index in [0.717, 1.165) is 0 Å². The minimum absolute atomic E-state index is 0.300. The van der Waals surface area contributed by atoms with E-state index in [1.807, 2.05) is 0 Å². The number of rotatable bonds is 1. The van der Waals surface area contributed by atoms with Gasteiger partial charge in [0.05, 0.1) is 12.1 Å². The number of benzene rings is 1. The Labute approximate surface area is 69.7 Å². The molecule has 0 amide bonds. The van der Waals surface area contributed by atoms with Crippen molar-refractivity contribution < 1.29 is 9.13 Å². The van der Waals surface area contributed by atoms with E-state index in [0.29, 0.717) is 16.3 Å². The van der Waals surface area contributed by atoms with Gasteiger partial charge in [-0.25, -0.2) is 4.39 Å². The summed E-state index contributed by atoms with van der Waals surface area (Å²) in [5.41, 5.74) is 0.524. The summed E-state index contributed by atoms with van der Waals surface area (Å²) in [4.78, 5) is 0. The minimum atomic E-state index is -0.300. The standard InChI is InChI=1S/C8H8ClFO/c1-5-3-6(9)8(11-2)4-7(5)10/h3-4H,1-2H3. The first-order chi connectivity index (χ1) is 5.15. The molecule has 0 fully saturated rings. The number of methoxy groups -OCH3 is 1. The maximum absolute atomic E-state index is 12.8. The first-order valence-electron chi connectivity index (χ1n) is 3.15. The molecule has 1 aromatic rings. The average molecular weight is 175 g/mol. The van der Waals surface area contributed by atoms with Gasteiger partial charge in [-0.05, 0) is 18.6 Å². The van der Waals surface area contributed by atoms with Gasteiger partial charge < -0.3 is 4.74 Å². The number of halogens is 2. The Hall–Kier alpha value is -0.760. The molecule has 0 heterocycles. The zero-order valence-corrected chi connectivity index (χ0v) is 7.07. The van der Waals surface area contributed by atoms with E-state index >= 15 is 0 Å². The van der Waals surface area contributed by atoms with E-state index in [4.69, 9.17) is 16.3 Å². The predicted octanol–water partition coefficient (Wildman–Crippen LogP) is 2.80. The molecule has 0 radical (unpaired) electrons. The molecule has 0 N–H and O–H groups in total. The monoisotopic (exact) mass is 174 g/mol. The third-order valence-corrected chi connectivity index (χ3v) is 1.73. The van der Waals surface area contributed by atoms with Crippen molar-refractivity contribution in [2.75, 3.05) is 7.11 Å². The van der Waals surface area contributed by atoms with Gasteiger partial charge in [-0.3, -0.25) is 0 Å². The summed E-state index contributed by atoms with van der Waals surface area (Å²) in [5.74, 6) is 0.0704. The van der Waals surface area contributed by atoms with Crippen LogP contribution in [0.4, 0.5) is 4.39 Å². The quantitative estimate of drug-likeness (QED) is 0.636. The van der Waals surface area contributed by atoms with Crippen LogP contribution in [-0.2, 0) is 0 Å². The van der Waals surface area contributed by atoms with Crippen LogP contribution in [0.15, 0.2) is 12.1 Å². The summed E-state index contributed by atoms with van der Waals surface area (Å²) in [6.45, 7) is 1.65. The lowest BCUT2D eigenvalue weighted by molar-refractivity contribution is 0.411. The van der Waals surface area contributed by atoms with E-state index < -0.39 is 0 Å². The molecule has 1 nitrogen and oxygen atoms in total. The topological polar surface area (TPSA) is 9.23 Å². The van der Waals surface area contributed by atoms with Crippen LogP contribution in [0.1, 0.15) is 5.56 Å². The molecule has 1 aromatic carbocycles. The van der Waals surface area contributed by atoms with Crippen molar-refractivity contribution >= 4 is 11.6 Å². The van der Waals surface area contributed by atoms with Crippen LogP contribution in [0.3, 0.4) is 0 Å². The molecule has 0 saturated heterocycles. The highest BCUT2D eigenvalue weighted by atomic mass is 35.5. The first-order valence-corrected chi connectivity index (χ1v) is 3.52. The summed E-state index contributed by atoms with van der Waals surface area (Å²) < 4.78 is 17.6. The Bertz CT molecular complexity index is 273. The van der Waals surface area contributed by atoms with Crippen LogP contribution < -0.4 is 4.74 Å².